The Morgan fingerprint density at radius 1 is 1.03 bits per heavy atom. The smallest absolute Gasteiger partial charge is 0.306 e. The molecule has 1 atom stereocenters. The zero-order valence-electron chi connectivity index (χ0n) is 16.6. The van der Waals surface area contributed by atoms with Crippen molar-refractivity contribution in [2.75, 3.05) is 0 Å². The fourth-order valence-corrected chi connectivity index (χ4v) is 4.19. The summed E-state index contributed by atoms with van der Waals surface area (Å²) in [5.41, 5.74) is 3.54. The van der Waals surface area contributed by atoms with E-state index in [0.717, 1.165) is 27.6 Å². The summed E-state index contributed by atoms with van der Waals surface area (Å²) >= 11 is 6.22. The molecule has 0 amide bonds. The monoisotopic (exact) mass is 431 g/mol. The van der Waals surface area contributed by atoms with Gasteiger partial charge >= 0.3 is 5.97 Å². The first-order valence-corrected chi connectivity index (χ1v) is 10.3. The number of Topliss-reactive ketones (excluding diaryl/α,β-unsaturated/α-hetero) is 1. The molecule has 0 fully saturated rings. The largest absolute Gasteiger partial charge is 0.481 e. The van der Waals surface area contributed by atoms with Crippen molar-refractivity contribution in [2.45, 2.75) is 13.3 Å². The summed E-state index contributed by atoms with van der Waals surface area (Å²) in [7, 11) is 0. The molecule has 0 aliphatic heterocycles. The van der Waals surface area contributed by atoms with Gasteiger partial charge in [-0.15, -0.1) is 0 Å². The molecule has 6 heteroatoms. The molecule has 0 bridgehead atoms. The Bertz CT molecular complexity index is 1490. The van der Waals surface area contributed by atoms with Gasteiger partial charge in [-0.1, -0.05) is 48.9 Å². The molecular weight excluding hydrogens is 414 g/mol. The number of rotatable bonds is 5. The van der Waals surface area contributed by atoms with Crippen molar-refractivity contribution in [1.29, 1.82) is 0 Å². The molecule has 2 aromatic heterocycles. The van der Waals surface area contributed by atoms with Gasteiger partial charge in [-0.05, 0) is 30.3 Å². The Labute approximate surface area is 182 Å². The number of carbonyl (C=O) groups excluding carboxylic acids is 1. The molecule has 31 heavy (non-hydrogen) atoms. The standard InChI is InChI=1S/C25H18ClNO4/c1-14(25(29)30)11-22(28)19-13-27(20-10-9-15(26)12-18(19)20)21-7-4-6-17-16-5-2-3-8-23(16)31-24(17)21/h2-10,12-14H,11H2,1H3,(H,29,30). The third-order valence-electron chi connectivity index (χ3n) is 5.62. The van der Waals surface area contributed by atoms with Crippen LogP contribution >= 0.6 is 11.6 Å². The van der Waals surface area contributed by atoms with Crippen molar-refractivity contribution in [2.24, 2.45) is 5.92 Å². The van der Waals surface area contributed by atoms with Gasteiger partial charge in [-0.2, -0.15) is 0 Å². The van der Waals surface area contributed by atoms with Crippen LogP contribution in [0.2, 0.25) is 5.02 Å². The highest BCUT2D eigenvalue weighted by atomic mass is 35.5. The van der Waals surface area contributed by atoms with Crippen molar-refractivity contribution in [3.05, 3.63) is 77.4 Å². The summed E-state index contributed by atoms with van der Waals surface area (Å²) in [6.07, 6.45) is 1.66. The second-order valence-electron chi connectivity index (χ2n) is 7.69. The van der Waals surface area contributed by atoms with E-state index < -0.39 is 11.9 Å². The third kappa shape index (κ3) is 3.18. The lowest BCUT2D eigenvalue weighted by molar-refractivity contribution is -0.141. The maximum Gasteiger partial charge on any atom is 0.306 e. The lowest BCUT2D eigenvalue weighted by Crippen LogP contribution is -2.14. The molecule has 1 unspecified atom stereocenters. The minimum atomic E-state index is -0.998. The van der Waals surface area contributed by atoms with E-state index in [1.165, 1.54) is 6.92 Å². The molecule has 2 heterocycles. The number of carboxylic acids is 1. The van der Waals surface area contributed by atoms with Gasteiger partial charge in [0, 0.05) is 39.4 Å². The topological polar surface area (TPSA) is 72.4 Å². The molecule has 1 N–H and O–H groups in total. The lowest BCUT2D eigenvalue weighted by Gasteiger charge is -2.06. The van der Waals surface area contributed by atoms with Crippen molar-refractivity contribution in [1.82, 2.24) is 4.57 Å². The first-order chi connectivity index (χ1) is 14.9. The quantitative estimate of drug-likeness (QED) is 0.323. The van der Waals surface area contributed by atoms with Crippen molar-refractivity contribution < 1.29 is 19.1 Å². The second-order valence-corrected chi connectivity index (χ2v) is 8.13. The number of ketones is 1. The Balaban J connectivity index is 1.75. The normalized spacial score (nSPS) is 12.6. The molecule has 5 rings (SSSR count). The molecule has 0 radical (unpaired) electrons. The van der Waals surface area contributed by atoms with Gasteiger partial charge in [-0.3, -0.25) is 9.59 Å². The summed E-state index contributed by atoms with van der Waals surface area (Å²) in [6.45, 7) is 1.53. The van der Waals surface area contributed by atoms with E-state index in [1.54, 1.807) is 18.3 Å². The molecule has 5 aromatic rings. The lowest BCUT2D eigenvalue weighted by atomic mass is 9.99. The van der Waals surface area contributed by atoms with Crippen LogP contribution in [-0.4, -0.2) is 21.4 Å². The average Bonchev–Trinajstić information content (AvgIpc) is 3.31. The Hall–Kier alpha value is -3.57. The molecule has 154 valence electrons. The molecule has 0 spiro atoms. The van der Waals surface area contributed by atoms with Gasteiger partial charge < -0.3 is 14.1 Å². The summed E-state index contributed by atoms with van der Waals surface area (Å²) in [4.78, 5) is 24.2. The minimum absolute atomic E-state index is 0.0875. The highest BCUT2D eigenvalue weighted by molar-refractivity contribution is 6.31. The summed E-state index contributed by atoms with van der Waals surface area (Å²) in [5, 5.41) is 12.4. The van der Waals surface area contributed by atoms with Gasteiger partial charge in [0.05, 0.1) is 17.1 Å². The molecular formula is C25H18ClNO4. The number of para-hydroxylation sites is 2. The van der Waals surface area contributed by atoms with E-state index >= 15 is 0 Å². The number of nitrogens with zero attached hydrogens (tertiary/aromatic N) is 1. The maximum atomic E-state index is 13.0. The van der Waals surface area contributed by atoms with E-state index in [1.807, 2.05) is 53.1 Å². The number of furan rings is 1. The minimum Gasteiger partial charge on any atom is -0.481 e. The van der Waals surface area contributed by atoms with Crippen molar-refractivity contribution in [3.63, 3.8) is 0 Å². The SMILES string of the molecule is CC(CC(=O)c1cn(-c2cccc3c2oc2ccccc23)c2ccc(Cl)cc12)C(=O)O. The Morgan fingerprint density at radius 3 is 2.61 bits per heavy atom. The number of aliphatic carboxylic acids is 1. The predicted octanol–water partition coefficient (Wildman–Crippen LogP) is 6.48. The van der Waals surface area contributed by atoms with E-state index in [9.17, 15) is 14.7 Å². The number of hydrogen-bond donors (Lipinski definition) is 1. The fraction of sp³-hybridized carbons (Fsp3) is 0.120. The number of carbonyl (C=O) groups is 2. The maximum absolute atomic E-state index is 13.0. The number of carboxylic acid groups (broad SMARTS) is 1. The van der Waals surface area contributed by atoms with E-state index in [4.69, 9.17) is 16.0 Å². The van der Waals surface area contributed by atoms with Gasteiger partial charge in [0.2, 0.25) is 0 Å². The number of hydrogen-bond acceptors (Lipinski definition) is 3. The van der Waals surface area contributed by atoms with Crippen LogP contribution in [0.15, 0.2) is 71.3 Å². The molecule has 3 aromatic carbocycles. The molecule has 0 aliphatic rings. The Morgan fingerprint density at radius 2 is 1.81 bits per heavy atom. The molecule has 0 saturated heterocycles. The first kappa shape index (κ1) is 19.4. The van der Waals surface area contributed by atoms with Gasteiger partial charge in [0.15, 0.2) is 11.4 Å². The highest BCUT2D eigenvalue weighted by Crippen LogP contribution is 2.36. The van der Waals surface area contributed by atoms with Crippen LogP contribution < -0.4 is 0 Å². The van der Waals surface area contributed by atoms with E-state index in [2.05, 4.69) is 0 Å². The average molecular weight is 432 g/mol. The number of halogens is 1. The highest BCUT2D eigenvalue weighted by Gasteiger charge is 2.22. The number of benzene rings is 3. The summed E-state index contributed by atoms with van der Waals surface area (Å²) in [6, 6.07) is 19.1. The Kier molecular flexibility index (Phi) is 4.56. The van der Waals surface area contributed by atoms with Crippen molar-refractivity contribution >= 4 is 56.2 Å². The van der Waals surface area contributed by atoms with Gasteiger partial charge in [-0.25, -0.2) is 0 Å². The van der Waals surface area contributed by atoms with Crippen LogP contribution in [0.25, 0.3) is 38.5 Å². The van der Waals surface area contributed by atoms with Crippen molar-refractivity contribution in [3.8, 4) is 5.69 Å². The molecule has 0 saturated carbocycles. The van der Waals surface area contributed by atoms with Crippen LogP contribution in [0.5, 0.6) is 0 Å². The summed E-state index contributed by atoms with van der Waals surface area (Å²) < 4.78 is 8.08. The second kappa shape index (κ2) is 7.29. The summed E-state index contributed by atoms with van der Waals surface area (Å²) in [5.74, 6) is -2.01. The van der Waals surface area contributed by atoms with E-state index in [-0.39, 0.29) is 12.2 Å². The van der Waals surface area contributed by atoms with Crippen LogP contribution in [-0.2, 0) is 4.79 Å². The van der Waals surface area contributed by atoms with Crippen LogP contribution in [0.1, 0.15) is 23.7 Å². The van der Waals surface area contributed by atoms with Crippen LogP contribution in [0.3, 0.4) is 0 Å². The predicted molar refractivity (Wildman–Crippen MR) is 121 cm³/mol. The molecule has 5 nitrogen and oxygen atoms in total. The number of fused-ring (bicyclic) bond motifs is 4. The zero-order chi connectivity index (χ0) is 21.7. The van der Waals surface area contributed by atoms with Crippen LogP contribution in [0, 0.1) is 5.92 Å². The fourth-order valence-electron chi connectivity index (χ4n) is 4.02. The zero-order valence-corrected chi connectivity index (χ0v) is 17.4. The van der Waals surface area contributed by atoms with Gasteiger partial charge in [0.1, 0.15) is 5.58 Å². The first-order valence-electron chi connectivity index (χ1n) is 9.91. The number of aromatic nitrogens is 1. The molecule has 0 aliphatic carbocycles. The third-order valence-corrected chi connectivity index (χ3v) is 5.86. The van der Waals surface area contributed by atoms with Gasteiger partial charge in [0.25, 0.3) is 0 Å². The van der Waals surface area contributed by atoms with Crippen LogP contribution in [0.4, 0.5) is 0 Å². The van der Waals surface area contributed by atoms with E-state index in [0.29, 0.717) is 21.6 Å².